The number of amides is 1. The first-order valence-corrected chi connectivity index (χ1v) is 8.36. The molecule has 6 heteroatoms. The fraction of sp³-hybridized carbons (Fsp3) is 0.467. The van der Waals surface area contributed by atoms with Crippen LogP contribution in [0.5, 0.6) is 0 Å². The summed E-state index contributed by atoms with van der Waals surface area (Å²) in [5, 5.41) is 2.71. The molecule has 1 aliphatic heterocycles. The largest absolute Gasteiger partial charge is 0.324 e. The Balaban J connectivity index is 2.04. The highest BCUT2D eigenvalue weighted by molar-refractivity contribution is 8.02. The zero-order valence-corrected chi connectivity index (χ0v) is 13.7. The van der Waals surface area contributed by atoms with Gasteiger partial charge in [0.2, 0.25) is 5.91 Å². The number of nitrogens with one attached hydrogen (secondary N) is 1. The summed E-state index contributed by atoms with van der Waals surface area (Å²) in [6, 6.07) is 3.10. The van der Waals surface area contributed by atoms with Gasteiger partial charge in [-0.2, -0.15) is 0 Å². The number of pyridine rings is 1. The lowest BCUT2D eigenvalue weighted by atomic mass is 10.0. The van der Waals surface area contributed by atoms with Crippen molar-refractivity contribution >= 4 is 35.0 Å². The first-order chi connectivity index (χ1) is 10.0. The van der Waals surface area contributed by atoms with E-state index in [2.05, 4.69) is 11.4 Å². The van der Waals surface area contributed by atoms with E-state index in [-0.39, 0.29) is 27.3 Å². The maximum atomic E-state index is 12.3. The number of anilines is 1. The van der Waals surface area contributed by atoms with Crippen molar-refractivity contribution in [1.82, 2.24) is 4.57 Å². The fourth-order valence-corrected chi connectivity index (χ4v) is 4.12. The van der Waals surface area contributed by atoms with E-state index in [0.29, 0.717) is 12.2 Å². The van der Waals surface area contributed by atoms with Crippen molar-refractivity contribution in [2.24, 2.45) is 5.92 Å². The quantitative estimate of drug-likeness (QED) is 0.683. The van der Waals surface area contributed by atoms with E-state index in [1.807, 2.05) is 19.9 Å². The van der Waals surface area contributed by atoms with Crippen LogP contribution in [0.25, 0.3) is 0 Å². The highest BCUT2D eigenvalue weighted by Crippen LogP contribution is 2.41. The van der Waals surface area contributed by atoms with Crippen LogP contribution in [0.15, 0.2) is 35.3 Å². The monoisotopic (exact) mass is 326 g/mol. The van der Waals surface area contributed by atoms with Gasteiger partial charge in [-0.1, -0.05) is 12.2 Å². The van der Waals surface area contributed by atoms with Crippen LogP contribution in [0.3, 0.4) is 0 Å². The number of alkyl halides is 1. The molecule has 1 amide bonds. The van der Waals surface area contributed by atoms with Crippen LogP contribution < -0.4 is 10.9 Å². The van der Waals surface area contributed by atoms with E-state index in [0.717, 1.165) is 6.42 Å². The SMILES string of the molecule is C/C=C/C1CC(C(=O)Nc2ccc(=O)n(CC)c2)SC1Cl. The first kappa shape index (κ1) is 16.2. The molecule has 0 aromatic carbocycles. The van der Waals surface area contributed by atoms with Crippen molar-refractivity contribution in [3.8, 4) is 0 Å². The van der Waals surface area contributed by atoms with Gasteiger partial charge < -0.3 is 9.88 Å². The molecule has 0 spiro atoms. The fourth-order valence-electron chi connectivity index (χ4n) is 2.32. The number of hydrogen-bond donors (Lipinski definition) is 1. The van der Waals surface area contributed by atoms with Gasteiger partial charge in [-0.15, -0.1) is 23.4 Å². The van der Waals surface area contributed by atoms with Crippen molar-refractivity contribution in [2.75, 3.05) is 5.32 Å². The molecule has 1 aromatic rings. The number of allylic oxidation sites excluding steroid dienone is 2. The van der Waals surface area contributed by atoms with Crippen LogP contribution in [0, 0.1) is 5.92 Å². The van der Waals surface area contributed by atoms with Crippen LogP contribution >= 0.6 is 23.4 Å². The number of aryl methyl sites for hydroxylation is 1. The number of thioether (sulfide) groups is 1. The summed E-state index contributed by atoms with van der Waals surface area (Å²) in [4.78, 5) is 23.8. The molecule has 1 aromatic heterocycles. The summed E-state index contributed by atoms with van der Waals surface area (Å²) >= 11 is 7.74. The Morgan fingerprint density at radius 1 is 1.57 bits per heavy atom. The normalized spacial score (nSPS) is 25.4. The number of carbonyl (C=O) groups excluding carboxylic acids is 1. The molecule has 3 unspecified atom stereocenters. The van der Waals surface area contributed by atoms with Gasteiger partial charge in [0.15, 0.2) is 0 Å². The van der Waals surface area contributed by atoms with E-state index in [4.69, 9.17) is 11.6 Å². The summed E-state index contributed by atoms with van der Waals surface area (Å²) in [7, 11) is 0. The van der Waals surface area contributed by atoms with Crippen molar-refractivity contribution < 1.29 is 4.79 Å². The lowest BCUT2D eigenvalue weighted by molar-refractivity contribution is -0.115. The number of aromatic nitrogens is 1. The third-order valence-corrected chi connectivity index (χ3v) is 5.42. The molecule has 0 radical (unpaired) electrons. The lowest BCUT2D eigenvalue weighted by Gasteiger charge is -2.11. The number of rotatable bonds is 4. The molecular formula is C15H19ClN2O2S. The van der Waals surface area contributed by atoms with E-state index in [1.54, 1.807) is 16.8 Å². The molecule has 1 saturated heterocycles. The molecule has 4 nitrogen and oxygen atoms in total. The third kappa shape index (κ3) is 3.92. The van der Waals surface area contributed by atoms with Gasteiger partial charge in [0.1, 0.15) is 0 Å². The van der Waals surface area contributed by atoms with E-state index >= 15 is 0 Å². The van der Waals surface area contributed by atoms with Crippen LogP contribution in [0.2, 0.25) is 0 Å². The third-order valence-electron chi connectivity index (χ3n) is 3.44. The molecule has 2 heterocycles. The maximum absolute atomic E-state index is 12.3. The Labute approximate surface area is 133 Å². The zero-order chi connectivity index (χ0) is 15.4. The van der Waals surface area contributed by atoms with E-state index < -0.39 is 0 Å². The van der Waals surface area contributed by atoms with Gasteiger partial charge in [-0.3, -0.25) is 9.59 Å². The second-order valence-corrected chi connectivity index (χ2v) is 7.01. The summed E-state index contributed by atoms with van der Waals surface area (Å²) in [5.41, 5.74) is 0.572. The predicted octanol–water partition coefficient (Wildman–Crippen LogP) is 3.07. The van der Waals surface area contributed by atoms with Crippen LogP contribution in [-0.2, 0) is 11.3 Å². The molecule has 1 fully saturated rings. The second kappa shape index (κ2) is 7.18. The predicted molar refractivity (Wildman–Crippen MR) is 88.9 cm³/mol. The van der Waals surface area contributed by atoms with Crippen LogP contribution in [-0.4, -0.2) is 20.4 Å². The van der Waals surface area contributed by atoms with Crippen LogP contribution in [0.1, 0.15) is 20.3 Å². The summed E-state index contributed by atoms with van der Waals surface area (Å²) < 4.78 is 1.49. The standard InChI is InChI=1S/C15H19ClN2O2S/c1-3-5-10-8-12(21-14(10)16)15(20)17-11-6-7-13(19)18(4-2)9-11/h3,5-7,9-10,12,14H,4,8H2,1-2H3,(H,17,20)/b5-3+. The van der Waals surface area contributed by atoms with Crippen molar-refractivity contribution in [2.45, 2.75) is 36.8 Å². The molecule has 21 heavy (non-hydrogen) atoms. The van der Waals surface area contributed by atoms with Gasteiger partial charge in [0.25, 0.3) is 5.56 Å². The van der Waals surface area contributed by atoms with Gasteiger partial charge in [0, 0.05) is 24.7 Å². The number of halogens is 1. The summed E-state index contributed by atoms with van der Waals surface area (Å²) in [6.07, 6.45) is 6.43. The van der Waals surface area contributed by atoms with Crippen molar-refractivity contribution in [1.29, 1.82) is 0 Å². The molecule has 1 N–H and O–H groups in total. The molecular weight excluding hydrogens is 308 g/mol. The Morgan fingerprint density at radius 2 is 2.33 bits per heavy atom. The molecule has 114 valence electrons. The van der Waals surface area contributed by atoms with Gasteiger partial charge in [-0.25, -0.2) is 0 Å². The summed E-state index contributed by atoms with van der Waals surface area (Å²) in [6.45, 7) is 4.42. The number of hydrogen-bond acceptors (Lipinski definition) is 3. The lowest BCUT2D eigenvalue weighted by Crippen LogP contribution is -2.25. The molecule has 2 rings (SSSR count). The second-order valence-electron chi connectivity index (χ2n) is 4.93. The molecule has 0 aliphatic carbocycles. The van der Waals surface area contributed by atoms with E-state index in [9.17, 15) is 9.59 Å². The van der Waals surface area contributed by atoms with Gasteiger partial charge >= 0.3 is 0 Å². The minimum atomic E-state index is -0.157. The number of nitrogens with zero attached hydrogens (tertiary/aromatic N) is 1. The minimum absolute atomic E-state index is 0.0565. The Bertz CT molecular complexity index is 600. The average molecular weight is 327 g/mol. The minimum Gasteiger partial charge on any atom is -0.324 e. The van der Waals surface area contributed by atoms with Crippen molar-refractivity contribution in [3.63, 3.8) is 0 Å². The molecule has 0 saturated carbocycles. The highest BCUT2D eigenvalue weighted by Gasteiger charge is 2.36. The zero-order valence-electron chi connectivity index (χ0n) is 12.1. The van der Waals surface area contributed by atoms with E-state index in [1.165, 1.54) is 17.8 Å². The molecule has 1 aliphatic rings. The molecule has 0 bridgehead atoms. The average Bonchev–Trinajstić information content (AvgIpc) is 2.83. The summed E-state index contributed by atoms with van der Waals surface area (Å²) in [5.74, 6) is 0.168. The Kier molecular flexibility index (Phi) is 5.53. The first-order valence-electron chi connectivity index (χ1n) is 6.98. The van der Waals surface area contributed by atoms with Gasteiger partial charge in [0.05, 0.1) is 15.6 Å². The Morgan fingerprint density at radius 3 is 3.00 bits per heavy atom. The number of carbonyl (C=O) groups is 1. The van der Waals surface area contributed by atoms with Crippen LogP contribution in [0.4, 0.5) is 5.69 Å². The van der Waals surface area contributed by atoms with Gasteiger partial charge in [-0.05, 0) is 26.3 Å². The smallest absolute Gasteiger partial charge is 0.250 e. The Hall–Kier alpha value is -1.20. The van der Waals surface area contributed by atoms with Crippen molar-refractivity contribution in [3.05, 3.63) is 40.8 Å². The molecule has 3 atom stereocenters. The maximum Gasteiger partial charge on any atom is 0.250 e. The highest BCUT2D eigenvalue weighted by atomic mass is 35.5. The topological polar surface area (TPSA) is 51.1 Å².